The molecule has 0 spiro atoms. The topological polar surface area (TPSA) is 50.9 Å². The largest absolute Gasteiger partial charge is 0.397 e. The summed E-state index contributed by atoms with van der Waals surface area (Å²) in [6.07, 6.45) is 0. The van der Waals surface area contributed by atoms with Crippen LogP contribution in [-0.2, 0) is 0 Å². The second kappa shape index (κ2) is 5.03. The summed E-state index contributed by atoms with van der Waals surface area (Å²) < 4.78 is 15.0. The van der Waals surface area contributed by atoms with Crippen LogP contribution in [0.1, 0.15) is 5.01 Å². The molecule has 0 saturated heterocycles. The quantitative estimate of drug-likeness (QED) is 0.650. The van der Waals surface area contributed by atoms with Gasteiger partial charge in [-0.25, -0.2) is 9.37 Å². The summed E-state index contributed by atoms with van der Waals surface area (Å²) in [6, 6.07) is 8.62. The van der Waals surface area contributed by atoms with E-state index in [1.54, 1.807) is 23.5 Å². The summed E-state index contributed by atoms with van der Waals surface area (Å²) >= 11 is 4.73. The molecule has 3 rings (SSSR count). The van der Waals surface area contributed by atoms with E-state index in [1.165, 1.54) is 6.07 Å². The highest BCUT2D eigenvalue weighted by atomic mass is 79.9. The van der Waals surface area contributed by atoms with Gasteiger partial charge in [0.2, 0.25) is 0 Å². The molecule has 0 aliphatic heterocycles. The highest BCUT2D eigenvalue weighted by Gasteiger charge is 2.07. The minimum atomic E-state index is -0.320. The third kappa shape index (κ3) is 2.48. The van der Waals surface area contributed by atoms with Gasteiger partial charge in [-0.2, -0.15) is 0 Å². The highest BCUT2D eigenvalue weighted by Crippen LogP contribution is 2.32. The van der Waals surface area contributed by atoms with E-state index in [0.29, 0.717) is 15.8 Å². The molecule has 0 bridgehead atoms. The molecule has 1 heterocycles. The van der Waals surface area contributed by atoms with E-state index in [2.05, 4.69) is 26.2 Å². The summed E-state index contributed by atoms with van der Waals surface area (Å²) in [5, 5.41) is 4.11. The lowest BCUT2D eigenvalue weighted by Gasteiger charge is -2.10. The molecule has 0 aliphatic carbocycles. The number of rotatable bonds is 2. The van der Waals surface area contributed by atoms with Crippen molar-refractivity contribution in [2.75, 3.05) is 11.1 Å². The zero-order valence-corrected chi connectivity index (χ0v) is 13.0. The molecule has 0 amide bonds. The van der Waals surface area contributed by atoms with E-state index < -0.39 is 0 Å². The van der Waals surface area contributed by atoms with Crippen LogP contribution >= 0.6 is 27.3 Å². The van der Waals surface area contributed by atoms with Crippen molar-refractivity contribution in [1.29, 1.82) is 0 Å². The Balaban J connectivity index is 2.00. The van der Waals surface area contributed by atoms with Gasteiger partial charge in [0, 0.05) is 5.69 Å². The fourth-order valence-electron chi connectivity index (χ4n) is 1.94. The van der Waals surface area contributed by atoms with Gasteiger partial charge in [-0.05, 0) is 53.2 Å². The summed E-state index contributed by atoms with van der Waals surface area (Å²) in [4.78, 5) is 4.43. The molecule has 0 unspecified atom stereocenters. The van der Waals surface area contributed by atoms with Gasteiger partial charge in [0.15, 0.2) is 0 Å². The molecule has 0 fully saturated rings. The number of aryl methyl sites for hydroxylation is 1. The number of nitrogens with two attached hydrogens (primary N) is 1. The van der Waals surface area contributed by atoms with Crippen LogP contribution in [0.5, 0.6) is 0 Å². The van der Waals surface area contributed by atoms with Crippen LogP contribution in [0.4, 0.5) is 21.5 Å². The van der Waals surface area contributed by atoms with E-state index in [4.69, 9.17) is 5.73 Å². The molecule has 3 aromatic rings. The number of benzene rings is 2. The molecular weight excluding hydrogens is 341 g/mol. The van der Waals surface area contributed by atoms with Crippen molar-refractivity contribution in [2.45, 2.75) is 6.92 Å². The van der Waals surface area contributed by atoms with Crippen LogP contribution in [0.25, 0.3) is 10.2 Å². The number of hydrogen-bond acceptors (Lipinski definition) is 4. The lowest BCUT2D eigenvalue weighted by atomic mass is 10.2. The minimum Gasteiger partial charge on any atom is -0.397 e. The van der Waals surface area contributed by atoms with Gasteiger partial charge >= 0.3 is 0 Å². The number of thiazole rings is 1. The van der Waals surface area contributed by atoms with Crippen LogP contribution in [-0.4, -0.2) is 4.98 Å². The number of nitrogens with one attached hydrogen (secondary N) is 1. The smallest absolute Gasteiger partial charge is 0.139 e. The maximum absolute atomic E-state index is 13.5. The number of nitrogen functional groups attached to an aromatic ring is 1. The van der Waals surface area contributed by atoms with Crippen molar-refractivity contribution < 1.29 is 4.39 Å². The maximum Gasteiger partial charge on any atom is 0.139 e. The third-order valence-electron chi connectivity index (χ3n) is 2.87. The number of nitrogens with zero attached hydrogens (tertiary/aromatic N) is 1. The Morgan fingerprint density at radius 2 is 2.10 bits per heavy atom. The summed E-state index contributed by atoms with van der Waals surface area (Å²) in [6.45, 7) is 1.96. The molecule has 20 heavy (non-hydrogen) atoms. The summed E-state index contributed by atoms with van der Waals surface area (Å²) in [5.74, 6) is -0.320. The van der Waals surface area contributed by atoms with Gasteiger partial charge in [0.25, 0.3) is 0 Å². The Morgan fingerprint density at radius 1 is 1.30 bits per heavy atom. The molecule has 6 heteroatoms. The van der Waals surface area contributed by atoms with Crippen LogP contribution in [0, 0.1) is 12.7 Å². The van der Waals surface area contributed by atoms with Gasteiger partial charge in [-0.3, -0.25) is 0 Å². The first kappa shape index (κ1) is 13.3. The van der Waals surface area contributed by atoms with Crippen molar-refractivity contribution in [1.82, 2.24) is 4.98 Å². The van der Waals surface area contributed by atoms with Gasteiger partial charge in [-0.1, -0.05) is 0 Å². The van der Waals surface area contributed by atoms with Crippen molar-refractivity contribution in [3.63, 3.8) is 0 Å². The lowest BCUT2D eigenvalue weighted by molar-refractivity contribution is 0.622. The van der Waals surface area contributed by atoms with Crippen LogP contribution in [0.2, 0.25) is 0 Å². The second-order valence-electron chi connectivity index (χ2n) is 4.39. The van der Waals surface area contributed by atoms with Crippen LogP contribution in [0.15, 0.2) is 34.8 Å². The second-order valence-corrected chi connectivity index (χ2v) is 6.48. The summed E-state index contributed by atoms with van der Waals surface area (Å²) in [7, 11) is 0. The van der Waals surface area contributed by atoms with Crippen LogP contribution in [0.3, 0.4) is 0 Å². The third-order valence-corrected chi connectivity index (χ3v) is 4.44. The fourth-order valence-corrected chi connectivity index (χ4v) is 3.05. The van der Waals surface area contributed by atoms with E-state index in [9.17, 15) is 4.39 Å². The predicted molar refractivity (Wildman–Crippen MR) is 86.2 cm³/mol. The predicted octanol–water partition coefficient (Wildman–Crippen LogP) is 4.83. The maximum atomic E-state index is 13.5. The fraction of sp³-hybridized carbons (Fsp3) is 0.0714. The van der Waals surface area contributed by atoms with Crippen molar-refractivity contribution in [3.8, 4) is 0 Å². The standard InChI is InChI=1S/C14H11BrFN3S/c1-7-18-13-6-12(11(17)5-14(13)20-7)19-8-2-3-9(15)10(16)4-8/h2-6,19H,17H2,1H3. The Hall–Kier alpha value is -1.66. The van der Waals surface area contributed by atoms with E-state index >= 15 is 0 Å². The van der Waals surface area contributed by atoms with Crippen LogP contribution < -0.4 is 11.1 Å². The van der Waals surface area contributed by atoms with Crippen molar-refractivity contribution >= 4 is 54.5 Å². The molecule has 0 radical (unpaired) electrons. The normalized spacial score (nSPS) is 10.9. The first-order valence-electron chi connectivity index (χ1n) is 5.91. The molecule has 0 saturated carbocycles. The Morgan fingerprint density at radius 3 is 2.85 bits per heavy atom. The minimum absolute atomic E-state index is 0.320. The molecule has 0 atom stereocenters. The molecule has 102 valence electrons. The first-order valence-corrected chi connectivity index (χ1v) is 7.52. The number of fused-ring (bicyclic) bond motifs is 1. The van der Waals surface area contributed by atoms with Gasteiger partial charge in [0.1, 0.15) is 5.82 Å². The average molecular weight is 352 g/mol. The van der Waals surface area contributed by atoms with E-state index in [1.807, 2.05) is 19.1 Å². The highest BCUT2D eigenvalue weighted by molar-refractivity contribution is 9.10. The number of aromatic nitrogens is 1. The zero-order valence-electron chi connectivity index (χ0n) is 10.6. The van der Waals surface area contributed by atoms with E-state index in [0.717, 1.165) is 20.9 Å². The number of halogens is 2. The monoisotopic (exact) mass is 351 g/mol. The number of anilines is 3. The average Bonchev–Trinajstić information content (AvgIpc) is 2.73. The Bertz CT molecular complexity index is 800. The van der Waals surface area contributed by atoms with Gasteiger partial charge in [0.05, 0.1) is 31.1 Å². The van der Waals surface area contributed by atoms with Crippen molar-refractivity contribution in [2.24, 2.45) is 0 Å². The molecular formula is C14H11BrFN3S. The van der Waals surface area contributed by atoms with Gasteiger partial charge < -0.3 is 11.1 Å². The Labute approximate surface area is 127 Å². The summed E-state index contributed by atoms with van der Waals surface area (Å²) in [5.41, 5.74) is 8.90. The number of hydrogen-bond donors (Lipinski definition) is 2. The molecule has 3 N–H and O–H groups in total. The van der Waals surface area contributed by atoms with Gasteiger partial charge in [-0.15, -0.1) is 11.3 Å². The lowest BCUT2D eigenvalue weighted by Crippen LogP contribution is -1.96. The molecule has 2 aromatic carbocycles. The molecule has 0 aliphatic rings. The Kier molecular flexibility index (Phi) is 3.35. The SMILES string of the molecule is Cc1nc2cc(Nc3ccc(Br)c(F)c3)c(N)cc2s1. The van der Waals surface area contributed by atoms with E-state index in [-0.39, 0.29) is 5.82 Å². The van der Waals surface area contributed by atoms with Crippen molar-refractivity contribution in [3.05, 3.63) is 45.6 Å². The zero-order chi connectivity index (χ0) is 14.3. The molecule has 3 nitrogen and oxygen atoms in total. The first-order chi connectivity index (χ1) is 9.52. The molecule has 1 aromatic heterocycles.